The summed E-state index contributed by atoms with van der Waals surface area (Å²) in [6.45, 7) is -1.42. The second kappa shape index (κ2) is 12.6. The second-order valence-corrected chi connectivity index (χ2v) is 9.56. The predicted octanol–water partition coefficient (Wildman–Crippen LogP) is -1.74. The number of ketones is 1. The summed E-state index contributed by atoms with van der Waals surface area (Å²) in [5, 5.41) is 90.5. The first-order valence-corrected chi connectivity index (χ1v) is 12.5. The molecule has 40 heavy (non-hydrogen) atoms. The number of carbonyl (C=O) groups excluding carboxylic acids is 1. The molecule has 0 aliphatic carbocycles. The van der Waals surface area contributed by atoms with E-state index < -0.39 is 85.8 Å². The number of aliphatic hydroxyl groups is 6. The molecule has 2 fully saturated rings. The molecule has 14 nitrogen and oxygen atoms in total. The van der Waals surface area contributed by atoms with E-state index in [0.29, 0.717) is 0 Å². The zero-order valence-corrected chi connectivity index (χ0v) is 21.1. The molecule has 2 aromatic rings. The minimum absolute atomic E-state index is 0.0524. The van der Waals surface area contributed by atoms with Crippen LogP contribution in [0.3, 0.4) is 0 Å². The molecule has 2 aliphatic heterocycles. The molecule has 0 bridgehead atoms. The summed E-state index contributed by atoms with van der Waals surface area (Å²) < 4.78 is 22.2. The standard InChI is InChI=1S/C26H32O14/c27-9-17-20(33)22(35)24(40-25-23(36)21(34)18(10-28)38-25)26(39-17)37-16-8-13(30)7-15(32)19(16)14(31)6-3-11-1-4-12(29)5-2-11/h1-2,4-5,7-8,17-18,20-30,32-36H,3,6,9-10H2. The summed E-state index contributed by atoms with van der Waals surface area (Å²) in [7, 11) is 0. The van der Waals surface area contributed by atoms with E-state index in [1.54, 1.807) is 12.1 Å². The lowest BCUT2D eigenvalue weighted by molar-refractivity contribution is -0.320. The molecule has 0 radical (unpaired) electrons. The van der Waals surface area contributed by atoms with Gasteiger partial charge in [-0.2, -0.15) is 0 Å². The molecular formula is C26H32O14. The third-order valence-corrected chi connectivity index (χ3v) is 6.78. The van der Waals surface area contributed by atoms with Crippen molar-refractivity contribution in [3.63, 3.8) is 0 Å². The lowest BCUT2D eigenvalue weighted by atomic mass is 9.98. The molecule has 14 heteroatoms. The summed E-state index contributed by atoms with van der Waals surface area (Å²) in [5.74, 6) is -2.04. The first-order valence-electron chi connectivity index (χ1n) is 12.5. The van der Waals surface area contributed by atoms with Gasteiger partial charge in [0.25, 0.3) is 0 Å². The fourth-order valence-corrected chi connectivity index (χ4v) is 4.56. The van der Waals surface area contributed by atoms with Crippen LogP contribution in [-0.4, -0.2) is 120 Å². The Morgan fingerprint density at radius 2 is 1.38 bits per heavy atom. The molecule has 2 saturated heterocycles. The molecule has 2 aliphatic rings. The summed E-state index contributed by atoms with van der Waals surface area (Å²) >= 11 is 0. The Bertz CT molecular complexity index is 1160. The Morgan fingerprint density at radius 3 is 2.00 bits per heavy atom. The van der Waals surface area contributed by atoms with Crippen molar-refractivity contribution in [2.45, 2.75) is 68.1 Å². The Morgan fingerprint density at radius 1 is 0.775 bits per heavy atom. The van der Waals surface area contributed by atoms with Gasteiger partial charge in [0.15, 0.2) is 18.2 Å². The molecule has 2 aromatic carbocycles. The fraction of sp³-hybridized carbons (Fsp3) is 0.500. The van der Waals surface area contributed by atoms with Crippen LogP contribution in [0.1, 0.15) is 22.3 Å². The highest BCUT2D eigenvalue weighted by Crippen LogP contribution is 2.37. The van der Waals surface area contributed by atoms with Crippen LogP contribution < -0.4 is 4.74 Å². The minimum atomic E-state index is -1.81. The number of aliphatic hydroxyl groups excluding tert-OH is 6. The number of Topliss-reactive ketones (excluding diaryl/α,β-unsaturated/α-hetero) is 1. The van der Waals surface area contributed by atoms with E-state index in [2.05, 4.69) is 0 Å². The van der Waals surface area contributed by atoms with E-state index in [1.165, 1.54) is 12.1 Å². The van der Waals surface area contributed by atoms with Crippen molar-refractivity contribution < 1.29 is 69.7 Å². The van der Waals surface area contributed by atoms with Crippen molar-refractivity contribution in [1.82, 2.24) is 0 Å². The number of hydrogen-bond acceptors (Lipinski definition) is 14. The number of benzene rings is 2. The number of aromatic hydroxyl groups is 3. The van der Waals surface area contributed by atoms with E-state index in [1.807, 2.05) is 0 Å². The van der Waals surface area contributed by atoms with Gasteiger partial charge in [-0.25, -0.2) is 0 Å². The number of phenolic OH excluding ortho intramolecular Hbond substituents is 3. The van der Waals surface area contributed by atoms with Crippen molar-refractivity contribution in [1.29, 1.82) is 0 Å². The lowest BCUT2D eigenvalue weighted by Crippen LogP contribution is -2.62. The van der Waals surface area contributed by atoms with Gasteiger partial charge in [-0.15, -0.1) is 0 Å². The maximum Gasteiger partial charge on any atom is 0.229 e. The van der Waals surface area contributed by atoms with Crippen LogP contribution in [0.25, 0.3) is 0 Å². The third kappa shape index (κ3) is 6.30. The lowest BCUT2D eigenvalue weighted by Gasteiger charge is -2.42. The average Bonchev–Trinajstić information content (AvgIpc) is 3.19. The number of aryl methyl sites for hydroxylation is 1. The SMILES string of the molecule is O=C(CCc1ccc(O)cc1)c1c(O)cc(O)cc1OC1OC(CO)C(O)C(O)C1OC1OC(CO)C(O)C1O. The van der Waals surface area contributed by atoms with Crippen molar-refractivity contribution in [3.8, 4) is 23.0 Å². The van der Waals surface area contributed by atoms with Gasteiger partial charge in [0.2, 0.25) is 6.29 Å². The Hall–Kier alpha value is -3.05. The van der Waals surface area contributed by atoms with Gasteiger partial charge in [-0.05, 0) is 24.1 Å². The maximum absolute atomic E-state index is 13.1. The third-order valence-electron chi connectivity index (χ3n) is 6.78. The highest BCUT2D eigenvalue weighted by Gasteiger charge is 2.51. The molecule has 0 saturated carbocycles. The zero-order chi connectivity index (χ0) is 29.1. The van der Waals surface area contributed by atoms with Gasteiger partial charge in [-0.1, -0.05) is 12.1 Å². The summed E-state index contributed by atoms with van der Waals surface area (Å²) in [6.07, 6.45) is -14.2. The van der Waals surface area contributed by atoms with Gasteiger partial charge in [0.1, 0.15) is 65.2 Å². The van der Waals surface area contributed by atoms with Gasteiger partial charge in [0, 0.05) is 18.6 Å². The normalized spacial score (nSPS) is 32.2. The van der Waals surface area contributed by atoms with Crippen LogP contribution >= 0.6 is 0 Å². The second-order valence-electron chi connectivity index (χ2n) is 9.56. The fourth-order valence-electron chi connectivity index (χ4n) is 4.56. The van der Waals surface area contributed by atoms with Gasteiger partial charge >= 0.3 is 0 Å². The first kappa shape index (κ1) is 29.9. The maximum atomic E-state index is 13.1. The molecule has 9 atom stereocenters. The van der Waals surface area contributed by atoms with E-state index >= 15 is 0 Å². The van der Waals surface area contributed by atoms with Gasteiger partial charge in [0.05, 0.1) is 13.2 Å². The van der Waals surface area contributed by atoms with Crippen LogP contribution in [0.2, 0.25) is 0 Å². The first-order chi connectivity index (χ1) is 19.0. The molecule has 0 amide bonds. The summed E-state index contributed by atoms with van der Waals surface area (Å²) in [6, 6.07) is 8.08. The van der Waals surface area contributed by atoms with E-state index in [-0.39, 0.29) is 29.9 Å². The van der Waals surface area contributed by atoms with Crippen molar-refractivity contribution >= 4 is 5.78 Å². The number of hydrogen-bond donors (Lipinski definition) is 9. The van der Waals surface area contributed by atoms with E-state index in [9.17, 15) is 50.8 Å². The highest BCUT2D eigenvalue weighted by molar-refractivity contribution is 6.01. The number of ether oxygens (including phenoxy) is 4. The van der Waals surface area contributed by atoms with Gasteiger partial charge < -0.3 is 64.9 Å². The minimum Gasteiger partial charge on any atom is -0.508 e. The van der Waals surface area contributed by atoms with Crippen LogP contribution in [0.4, 0.5) is 0 Å². The highest BCUT2D eigenvalue weighted by atomic mass is 16.8. The number of carbonyl (C=O) groups is 1. The topological polar surface area (TPSA) is 236 Å². The van der Waals surface area contributed by atoms with Crippen LogP contribution in [0.15, 0.2) is 36.4 Å². The van der Waals surface area contributed by atoms with Crippen molar-refractivity contribution in [2.24, 2.45) is 0 Å². The Kier molecular flexibility index (Phi) is 9.45. The summed E-state index contributed by atoms with van der Waals surface area (Å²) in [5.41, 5.74) is 0.380. The predicted molar refractivity (Wildman–Crippen MR) is 132 cm³/mol. The molecular weight excluding hydrogens is 536 g/mol. The molecule has 4 rings (SSSR count). The number of rotatable bonds is 10. The van der Waals surface area contributed by atoms with Crippen molar-refractivity contribution in [3.05, 3.63) is 47.5 Å². The Labute approximate surface area is 227 Å². The molecule has 220 valence electrons. The van der Waals surface area contributed by atoms with Gasteiger partial charge in [-0.3, -0.25) is 4.79 Å². The van der Waals surface area contributed by atoms with Crippen LogP contribution in [0, 0.1) is 0 Å². The molecule has 2 heterocycles. The van der Waals surface area contributed by atoms with E-state index in [0.717, 1.165) is 17.7 Å². The Balaban J connectivity index is 1.60. The smallest absolute Gasteiger partial charge is 0.229 e. The summed E-state index contributed by atoms with van der Waals surface area (Å²) in [4.78, 5) is 13.1. The van der Waals surface area contributed by atoms with Crippen molar-refractivity contribution in [2.75, 3.05) is 13.2 Å². The quantitative estimate of drug-likeness (QED) is 0.145. The molecule has 0 spiro atoms. The number of phenols is 3. The largest absolute Gasteiger partial charge is 0.508 e. The zero-order valence-electron chi connectivity index (χ0n) is 21.1. The van der Waals surface area contributed by atoms with Crippen LogP contribution in [0.5, 0.6) is 23.0 Å². The average molecular weight is 569 g/mol. The monoisotopic (exact) mass is 568 g/mol. The van der Waals surface area contributed by atoms with E-state index in [4.69, 9.17) is 18.9 Å². The van der Waals surface area contributed by atoms with Crippen LogP contribution in [-0.2, 0) is 20.6 Å². The molecule has 9 N–H and O–H groups in total. The molecule has 0 aromatic heterocycles. The molecule has 9 unspecified atom stereocenters.